The summed E-state index contributed by atoms with van der Waals surface area (Å²) in [4.78, 5) is 23.8. The Balaban J connectivity index is 1.66. The number of carbonyl (C=O) groups is 2. The Labute approximate surface area is 161 Å². The van der Waals surface area contributed by atoms with Gasteiger partial charge in [-0.2, -0.15) is 0 Å². The molecular formula is C19H20ClN3O4. The summed E-state index contributed by atoms with van der Waals surface area (Å²) in [6, 6.07) is 7.00. The lowest BCUT2D eigenvalue weighted by molar-refractivity contribution is -0.147. The first-order valence-electron chi connectivity index (χ1n) is 8.71. The van der Waals surface area contributed by atoms with Crippen molar-refractivity contribution in [1.29, 1.82) is 0 Å². The van der Waals surface area contributed by atoms with E-state index in [1.807, 2.05) is 12.1 Å². The normalized spacial score (nSPS) is 19.8. The Kier molecular flexibility index (Phi) is 6.24. The maximum atomic E-state index is 12.2. The number of rotatable bonds is 5. The van der Waals surface area contributed by atoms with Crippen LogP contribution >= 0.6 is 11.6 Å². The van der Waals surface area contributed by atoms with Gasteiger partial charge < -0.3 is 9.47 Å². The predicted octanol–water partition coefficient (Wildman–Crippen LogP) is 3.46. The van der Waals surface area contributed by atoms with Crippen molar-refractivity contribution in [3.63, 3.8) is 0 Å². The van der Waals surface area contributed by atoms with Crippen LogP contribution in [0.2, 0.25) is 5.02 Å². The quantitative estimate of drug-likeness (QED) is 0.575. The number of hydrogen-bond acceptors (Lipinski definition) is 6. The summed E-state index contributed by atoms with van der Waals surface area (Å²) < 4.78 is 11.9. The number of methoxy groups -OCH3 is 1. The van der Waals surface area contributed by atoms with Gasteiger partial charge in [0.05, 0.1) is 19.3 Å². The van der Waals surface area contributed by atoms with Gasteiger partial charge >= 0.3 is 11.9 Å². The van der Waals surface area contributed by atoms with E-state index >= 15 is 0 Å². The molecule has 1 aliphatic rings. The first-order valence-corrected chi connectivity index (χ1v) is 9.09. The van der Waals surface area contributed by atoms with Crippen LogP contribution in [-0.4, -0.2) is 40.1 Å². The second kappa shape index (κ2) is 8.81. The molecule has 1 fully saturated rings. The van der Waals surface area contributed by atoms with E-state index in [-0.39, 0.29) is 17.8 Å². The third kappa shape index (κ3) is 4.95. The van der Waals surface area contributed by atoms with Crippen LogP contribution in [0.15, 0.2) is 36.5 Å². The summed E-state index contributed by atoms with van der Waals surface area (Å²) in [5, 5.41) is 8.48. The molecule has 142 valence electrons. The molecule has 1 heterocycles. The number of aromatic nitrogens is 3. The number of hydrogen-bond donors (Lipinski definition) is 0. The lowest BCUT2D eigenvalue weighted by atomic mass is 9.92. The molecule has 0 N–H and O–H groups in total. The molecule has 1 aromatic heterocycles. The number of ether oxygens (including phenoxy) is 2. The topological polar surface area (TPSA) is 83.3 Å². The van der Waals surface area contributed by atoms with Crippen LogP contribution in [0.4, 0.5) is 0 Å². The highest BCUT2D eigenvalue weighted by atomic mass is 35.5. The largest absolute Gasteiger partial charge is 0.464 e. The summed E-state index contributed by atoms with van der Waals surface area (Å²) in [7, 11) is 1.29. The SMILES string of the molecule is COC(=O)c1cn(C2CCCCC2OC(=O)/C=C/c2ccc(Cl)cc2)nn1. The van der Waals surface area contributed by atoms with Crippen molar-refractivity contribution < 1.29 is 19.1 Å². The Morgan fingerprint density at radius 1 is 1.22 bits per heavy atom. The van der Waals surface area contributed by atoms with Crippen molar-refractivity contribution in [2.45, 2.75) is 37.8 Å². The maximum absolute atomic E-state index is 12.2. The second-order valence-electron chi connectivity index (χ2n) is 6.29. The maximum Gasteiger partial charge on any atom is 0.360 e. The number of benzene rings is 1. The lowest BCUT2D eigenvalue weighted by Gasteiger charge is -2.30. The minimum Gasteiger partial charge on any atom is -0.464 e. The smallest absolute Gasteiger partial charge is 0.360 e. The van der Waals surface area contributed by atoms with Crippen molar-refractivity contribution in [3.8, 4) is 0 Å². The zero-order valence-electron chi connectivity index (χ0n) is 14.9. The van der Waals surface area contributed by atoms with E-state index in [9.17, 15) is 9.59 Å². The van der Waals surface area contributed by atoms with Gasteiger partial charge in [0, 0.05) is 11.1 Å². The summed E-state index contributed by atoms with van der Waals surface area (Å²) in [5.74, 6) is -0.966. The van der Waals surface area contributed by atoms with E-state index < -0.39 is 11.9 Å². The van der Waals surface area contributed by atoms with Gasteiger partial charge in [-0.3, -0.25) is 0 Å². The van der Waals surface area contributed by atoms with E-state index in [1.165, 1.54) is 19.4 Å². The molecule has 2 unspecified atom stereocenters. The molecule has 0 radical (unpaired) electrons. The summed E-state index contributed by atoms with van der Waals surface area (Å²) in [6.07, 6.45) is 7.78. The molecule has 3 rings (SSSR count). The molecule has 0 spiro atoms. The first kappa shape index (κ1) is 19.1. The van der Waals surface area contributed by atoms with Gasteiger partial charge in [-0.05, 0) is 43.0 Å². The molecule has 0 aliphatic heterocycles. The van der Waals surface area contributed by atoms with Crippen LogP contribution in [0.1, 0.15) is 47.8 Å². The Morgan fingerprint density at radius 3 is 2.70 bits per heavy atom. The van der Waals surface area contributed by atoms with Crippen LogP contribution in [0.25, 0.3) is 6.08 Å². The highest BCUT2D eigenvalue weighted by Crippen LogP contribution is 2.30. The standard InChI is InChI=1S/C19H20ClN3O4/c1-26-19(25)15-12-23(22-21-15)16-4-2-3-5-17(16)27-18(24)11-8-13-6-9-14(20)10-7-13/h6-12,16-17H,2-5H2,1H3/b11-8+. The van der Waals surface area contributed by atoms with Crippen LogP contribution in [-0.2, 0) is 14.3 Å². The molecular weight excluding hydrogens is 370 g/mol. The fourth-order valence-corrected chi connectivity index (χ4v) is 3.21. The minimum absolute atomic E-state index is 0.135. The molecule has 0 saturated heterocycles. The van der Waals surface area contributed by atoms with Crippen molar-refractivity contribution >= 4 is 29.6 Å². The van der Waals surface area contributed by atoms with Gasteiger partial charge in [-0.1, -0.05) is 35.4 Å². The third-order valence-corrected chi connectivity index (χ3v) is 4.71. The third-order valence-electron chi connectivity index (χ3n) is 4.46. The highest BCUT2D eigenvalue weighted by molar-refractivity contribution is 6.30. The van der Waals surface area contributed by atoms with Crippen molar-refractivity contribution in [3.05, 3.63) is 52.8 Å². The number of esters is 2. The second-order valence-corrected chi connectivity index (χ2v) is 6.72. The average Bonchev–Trinajstić information content (AvgIpc) is 3.17. The zero-order chi connectivity index (χ0) is 19.2. The molecule has 1 saturated carbocycles. The fraction of sp³-hybridized carbons (Fsp3) is 0.368. The molecule has 1 aliphatic carbocycles. The van der Waals surface area contributed by atoms with Crippen LogP contribution in [0, 0.1) is 0 Å². The lowest BCUT2D eigenvalue weighted by Crippen LogP contribution is -2.32. The Morgan fingerprint density at radius 2 is 1.96 bits per heavy atom. The van der Waals surface area contributed by atoms with E-state index in [0.29, 0.717) is 5.02 Å². The summed E-state index contributed by atoms with van der Waals surface area (Å²) in [5.41, 5.74) is 0.992. The van der Waals surface area contributed by atoms with Gasteiger partial charge in [-0.15, -0.1) is 5.10 Å². The molecule has 27 heavy (non-hydrogen) atoms. The zero-order valence-corrected chi connectivity index (χ0v) is 15.6. The Hall–Kier alpha value is -2.67. The molecule has 7 nitrogen and oxygen atoms in total. The van der Waals surface area contributed by atoms with Crippen molar-refractivity contribution in [2.75, 3.05) is 7.11 Å². The van der Waals surface area contributed by atoms with E-state index in [1.54, 1.807) is 22.9 Å². The van der Waals surface area contributed by atoms with Crippen molar-refractivity contribution in [2.24, 2.45) is 0 Å². The highest BCUT2D eigenvalue weighted by Gasteiger charge is 2.31. The van der Waals surface area contributed by atoms with Gasteiger partial charge in [0.15, 0.2) is 5.69 Å². The van der Waals surface area contributed by atoms with Gasteiger partial charge in [0.2, 0.25) is 0 Å². The molecule has 2 aromatic rings. The molecule has 0 amide bonds. The van der Waals surface area contributed by atoms with Crippen molar-refractivity contribution in [1.82, 2.24) is 15.0 Å². The molecule has 2 atom stereocenters. The molecule has 1 aromatic carbocycles. The molecule has 8 heteroatoms. The number of carbonyl (C=O) groups excluding carboxylic acids is 2. The first-order chi connectivity index (χ1) is 13.1. The predicted molar refractivity (Wildman–Crippen MR) is 99.2 cm³/mol. The van der Waals surface area contributed by atoms with Crippen LogP contribution in [0.3, 0.4) is 0 Å². The van der Waals surface area contributed by atoms with Crippen LogP contribution < -0.4 is 0 Å². The van der Waals surface area contributed by atoms with Crippen LogP contribution in [0.5, 0.6) is 0 Å². The number of halogens is 1. The average molecular weight is 390 g/mol. The molecule has 0 bridgehead atoms. The van der Waals surface area contributed by atoms with E-state index in [4.69, 9.17) is 16.3 Å². The minimum atomic E-state index is -0.545. The van der Waals surface area contributed by atoms with Gasteiger partial charge in [0.25, 0.3) is 0 Å². The van der Waals surface area contributed by atoms with Gasteiger partial charge in [0.1, 0.15) is 6.10 Å². The van der Waals surface area contributed by atoms with E-state index in [2.05, 4.69) is 15.0 Å². The van der Waals surface area contributed by atoms with E-state index in [0.717, 1.165) is 31.2 Å². The summed E-state index contributed by atoms with van der Waals surface area (Å²) >= 11 is 5.85. The number of nitrogens with zero attached hydrogens (tertiary/aromatic N) is 3. The Bertz CT molecular complexity index is 832. The summed E-state index contributed by atoms with van der Waals surface area (Å²) in [6.45, 7) is 0. The van der Waals surface area contributed by atoms with Gasteiger partial charge in [-0.25, -0.2) is 14.3 Å². The fourth-order valence-electron chi connectivity index (χ4n) is 3.08. The monoisotopic (exact) mass is 389 g/mol.